The largest absolute Gasteiger partial charge is 0.479 e. The summed E-state index contributed by atoms with van der Waals surface area (Å²) in [5.41, 5.74) is 4.68. The molecule has 2 aliphatic rings. The normalized spacial score (nSPS) is 16.9. The number of carbonyl (C=O) groups excluding carboxylic acids is 1. The van der Waals surface area contributed by atoms with Crippen molar-refractivity contribution in [3.05, 3.63) is 57.4 Å². The Labute approximate surface area is 205 Å². The molecule has 1 fully saturated rings. The number of carboxylic acids is 1. The van der Waals surface area contributed by atoms with Gasteiger partial charge in [0.25, 0.3) is 5.56 Å². The maximum absolute atomic E-state index is 13.1. The van der Waals surface area contributed by atoms with E-state index in [1.807, 2.05) is 6.07 Å². The quantitative estimate of drug-likeness (QED) is 0.325. The molecule has 11 nitrogen and oxygen atoms in total. The second-order valence-electron chi connectivity index (χ2n) is 9.39. The lowest BCUT2D eigenvalue weighted by molar-refractivity contribution is -0.157. The molecule has 5 N–H and O–H groups in total. The average molecular weight is 495 g/mol. The molecule has 4 heterocycles. The van der Waals surface area contributed by atoms with Gasteiger partial charge in [0.05, 0.1) is 30.1 Å². The van der Waals surface area contributed by atoms with Crippen LogP contribution < -0.4 is 16.0 Å². The number of piperidine rings is 1. The van der Waals surface area contributed by atoms with Crippen LogP contribution in [0.3, 0.4) is 0 Å². The summed E-state index contributed by atoms with van der Waals surface area (Å²) in [7, 11) is 0. The van der Waals surface area contributed by atoms with Crippen molar-refractivity contribution in [3.8, 4) is 17.1 Å². The molecule has 1 aromatic carbocycles. The first-order valence-corrected chi connectivity index (χ1v) is 11.6. The summed E-state index contributed by atoms with van der Waals surface area (Å²) < 4.78 is 6.95. The number of hydrogen-bond donors (Lipinski definition) is 4. The summed E-state index contributed by atoms with van der Waals surface area (Å²) in [5.74, 6) is -1.18. The predicted octanol–water partition coefficient (Wildman–Crippen LogP) is 1.13. The van der Waals surface area contributed by atoms with Crippen molar-refractivity contribution in [2.75, 3.05) is 13.1 Å². The summed E-state index contributed by atoms with van der Waals surface area (Å²) >= 11 is 0. The number of likely N-dealkylation sites (tertiary alicyclic amines) is 1. The summed E-state index contributed by atoms with van der Waals surface area (Å²) in [5, 5.41) is 30.5. The zero-order chi connectivity index (χ0) is 25.8. The maximum Gasteiger partial charge on any atom is 0.415 e. The summed E-state index contributed by atoms with van der Waals surface area (Å²) in [4.78, 5) is 43.6. The standard InChI is InChI=1S/C25H26N4O7/c1-25(35,23(32)33)18-10-20-21-14(11-29(20)22(31)17(18)12-30)8-13-9-16(2-3-19(13)27-21)36-24(34)28-6-4-15(26)5-7-28/h2-3,8-10,15,30,35H,4-7,11-12,26H2,1H3,(H,32,33)/t25-/m0/s1. The van der Waals surface area contributed by atoms with Crippen molar-refractivity contribution in [1.82, 2.24) is 14.5 Å². The second kappa shape index (κ2) is 8.70. The van der Waals surface area contributed by atoms with Crippen molar-refractivity contribution in [2.24, 2.45) is 5.73 Å². The molecule has 0 bridgehead atoms. The van der Waals surface area contributed by atoms with Crippen molar-refractivity contribution in [2.45, 2.75) is 44.6 Å². The Morgan fingerprint density at radius 1 is 1.22 bits per heavy atom. The average Bonchev–Trinajstić information content (AvgIpc) is 3.20. The van der Waals surface area contributed by atoms with Gasteiger partial charge in [-0.3, -0.25) is 4.79 Å². The van der Waals surface area contributed by atoms with Crippen LogP contribution in [0.1, 0.15) is 36.5 Å². The molecule has 0 radical (unpaired) electrons. The van der Waals surface area contributed by atoms with Crippen LogP contribution >= 0.6 is 0 Å². The van der Waals surface area contributed by atoms with Crippen LogP contribution in [0.2, 0.25) is 0 Å². The molecule has 0 spiro atoms. The third-order valence-electron chi connectivity index (χ3n) is 6.94. The molecule has 1 atom stereocenters. The number of aliphatic hydroxyl groups is 2. The van der Waals surface area contributed by atoms with Crippen LogP contribution in [0.4, 0.5) is 4.79 Å². The monoisotopic (exact) mass is 494 g/mol. The van der Waals surface area contributed by atoms with Gasteiger partial charge in [-0.1, -0.05) is 0 Å². The molecule has 3 aromatic rings. The molecule has 0 aliphatic carbocycles. The number of benzene rings is 1. The number of rotatable bonds is 4. The maximum atomic E-state index is 13.1. The lowest BCUT2D eigenvalue weighted by atomic mass is 9.91. The van der Waals surface area contributed by atoms with Gasteiger partial charge >= 0.3 is 12.1 Å². The molecule has 2 aromatic heterocycles. The molecule has 188 valence electrons. The van der Waals surface area contributed by atoms with Gasteiger partial charge in [-0.05, 0) is 50.1 Å². The van der Waals surface area contributed by atoms with E-state index in [0.717, 1.165) is 19.8 Å². The highest BCUT2D eigenvalue weighted by Crippen LogP contribution is 2.35. The third kappa shape index (κ3) is 3.91. The Bertz CT molecular complexity index is 1460. The van der Waals surface area contributed by atoms with Crippen LogP contribution in [0.15, 0.2) is 35.1 Å². The molecule has 36 heavy (non-hydrogen) atoms. The molecule has 0 saturated carbocycles. The third-order valence-corrected chi connectivity index (χ3v) is 6.94. The van der Waals surface area contributed by atoms with E-state index in [1.165, 1.54) is 10.6 Å². The highest BCUT2D eigenvalue weighted by molar-refractivity contribution is 5.86. The highest BCUT2D eigenvalue weighted by Gasteiger charge is 2.38. The zero-order valence-electron chi connectivity index (χ0n) is 19.6. The topological polar surface area (TPSA) is 168 Å². The first kappa shape index (κ1) is 23.9. The number of fused-ring (bicyclic) bond motifs is 4. The number of aliphatic carboxylic acids is 1. The van der Waals surface area contributed by atoms with Crippen molar-refractivity contribution < 1.29 is 29.6 Å². The molecular weight excluding hydrogens is 468 g/mol. The van der Waals surface area contributed by atoms with E-state index in [1.54, 1.807) is 23.1 Å². The summed E-state index contributed by atoms with van der Waals surface area (Å²) in [6.45, 7) is 1.59. The Kier molecular flexibility index (Phi) is 5.78. The van der Waals surface area contributed by atoms with Crippen LogP contribution in [-0.4, -0.2) is 61.0 Å². The highest BCUT2D eigenvalue weighted by atomic mass is 16.6. The minimum atomic E-state index is -2.37. The number of amides is 1. The fraction of sp³-hybridized carbons (Fsp3) is 0.360. The van der Waals surface area contributed by atoms with Crippen LogP contribution in [0, 0.1) is 0 Å². The molecule has 1 saturated heterocycles. The summed E-state index contributed by atoms with van der Waals surface area (Å²) in [6.07, 6.45) is 1.01. The number of ether oxygens (including phenoxy) is 1. The van der Waals surface area contributed by atoms with Gasteiger partial charge in [-0.25, -0.2) is 14.6 Å². The Hall–Kier alpha value is -3.80. The van der Waals surface area contributed by atoms with Gasteiger partial charge in [0.1, 0.15) is 5.75 Å². The lowest BCUT2D eigenvalue weighted by Gasteiger charge is -2.29. The van der Waals surface area contributed by atoms with E-state index < -0.39 is 29.8 Å². The number of aliphatic hydroxyl groups excluding tert-OH is 1. The van der Waals surface area contributed by atoms with E-state index in [0.29, 0.717) is 46.7 Å². The SMILES string of the molecule is C[C@@](O)(C(=O)O)c1cc2n(c(=O)c1CO)Cc1cc3cc(OC(=O)N4CCC(N)CC4)ccc3nc1-2. The van der Waals surface area contributed by atoms with E-state index in [2.05, 4.69) is 4.98 Å². The van der Waals surface area contributed by atoms with Gasteiger partial charge < -0.3 is 35.3 Å². The lowest BCUT2D eigenvalue weighted by Crippen LogP contribution is -2.44. The Balaban J connectivity index is 1.50. The molecule has 0 unspecified atom stereocenters. The number of nitrogens with zero attached hydrogens (tertiary/aromatic N) is 3. The minimum Gasteiger partial charge on any atom is -0.479 e. The molecular formula is C25H26N4O7. The molecule has 1 amide bonds. The van der Waals surface area contributed by atoms with Gasteiger partial charge in [0.2, 0.25) is 0 Å². The van der Waals surface area contributed by atoms with Gasteiger partial charge in [-0.15, -0.1) is 0 Å². The molecule has 11 heteroatoms. The minimum absolute atomic E-state index is 0.0966. The number of carbonyl (C=O) groups is 2. The fourth-order valence-electron chi connectivity index (χ4n) is 4.77. The van der Waals surface area contributed by atoms with E-state index >= 15 is 0 Å². The Morgan fingerprint density at radius 3 is 2.61 bits per heavy atom. The van der Waals surface area contributed by atoms with E-state index in [9.17, 15) is 29.7 Å². The summed E-state index contributed by atoms with van der Waals surface area (Å²) in [6, 6.07) is 8.34. The van der Waals surface area contributed by atoms with Gasteiger partial charge in [0, 0.05) is 41.2 Å². The smallest absolute Gasteiger partial charge is 0.415 e. The van der Waals surface area contributed by atoms with Crippen LogP contribution in [0.5, 0.6) is 5.75 Å². The van der Waals surface area contributed by atoms with Crippen molar-refractivity contribution in [1.29, 1.82) is 0 Å². The molecule has 5 rings (SSSR count). The number of aromatic nitrogens is 2. The first-order valence-electron chi connectivity index (χ1n) is 11.6. The van der Waals surface area contributed by atoms with E-state index in [4.69, 9.17) is 10.5 Å². The van der Waals surface area contributed by atoms with Crippen LogP contribution in [0.25, 0.3) is 22.3 Å². The van der Waals surface area contributed by atoms with Gasteiger partial charge in [-0.2, -0.15) is 0 Å². The molecule has 2 aliphatic heterocycles. The van der Waals surface area contributed by atoms with Crippen molar-refractivity contribution in [3.63, 3.8) is 0 Å². The predicted molar refractivity (Wildman–Crippen MR) is 128 cm³/mol. The van der Waals surface area contributed by atoms with Crippen molar-refractivity contribution >= 4 is 23.0 Å². The first-order chi connectivity index (χ1) is 17.1. The van der Waals surface area contributed by atoms with Crippen LogP contribution in [-0.2, 0) is 23.5 Å². The zero-order valence-corrected chi connectivity index (χ0v) is 19.6. The number of hydrogen-bond acceptors (Lipinski definition) is 8. The van der Waals surface area contributed by atoms with Gasteiger partial charge in [0.15, 0.2) is 5.60 Å². The van der Waals surface area contributed by atoms with E-state index in [-0.39, 0.29) is 23.7 Å². The fourth-order valence-corrected chi connectivity index (χ4v) is 4.77. The Morgan fingerprint density at radius 2 is 1.94 bits per heavy atom. The number of pyridine rings is 2. The second-order valence-corrected chi connectivity index (χ2v) is 9.39. The number of carboxylic acid groups (broad SMARTS) is 1. The number of nitrogens with two attached hydrogens (primary N) is 1.